The van der Waals surface area contributed by atoms with Crippen LogP contribution in [0.25, 0.3) is 11.4 Å². The fraction of sp³-hybridized carbons (Fsp3) is 0.529. The van der Waals surface area contributed by atoms with Crippen molar-refractivity contribution in [2.75, 3.05) is 6.61 Å². The van der Waals surface area contributed by atoms with Crippen molar-refractivity contribution in [3.8, 4) is 11.4 Å². The smallest absolute Gasteiger partial charge is 0.246 e. The SMILES string of the molecule is C[C@@H]1CCCC[C@@H]1OCC(=O)NCc1ccc(-c2nn[nH]n2)cc1. The normalized spacial score (nSPS) is 20.7. The zero-order valence-electron chi connectivity index (χ0n) is 13.9. The maximum absolute atomic E-state index is 12.0. The maximum Gasteiger partial charge on any atom is 0.246 e. The van der Waals surface area contributed by atoms with Crippen molar-refractivity contribution >= 4 is 5.91 Å². The van der Waals surface area contributed by atoms with Gasteiger partial charge in [0.1, 0.15) is 6.61 Å². The first kappa shape index (κ1) is 16.6. The van der Waals surface area contributed by atoms with E-state index < -0.39 is 0 Å². The Bertz CT molecular complexity index is 642. The Morgan fingerprint density at radius 3 is 2.79 bits per heavy atom. The van der Waals surface area contributed by atoms with E-state index in [0.29, 0.717) is 18.3 Å². The van der Waals surface area contributed by atoms with Crippen LogP contribution in [0.4, 0.5) is 0 Å². The molecular formula is C17H23N5O2. The number of nitrogens with one attached hydrogen (secondary N) is 2. The van der Waals surface area contributed by atoms with Gasteiger partial charge in [-0.05, 0) is 29.5 Å². The summed E-state index contributed by atoms with van der Waals surface area (Å²) in [6.07, 6.45) is 4.94. The number of rotatable bonds is 6. The van der Waals surface area contributed by atoms with Crippen LogP contribution < -0.4 is 5.32 Å². The Morgan fingerprint density at radius 2 is 2.08 bits per heavy atom. The van der Waals surface area contributed by atoms with Crippen LogP contribution in [0.3, 0.4) is 0 Å². The van der Waals surface area contributed by atoms with Crippen LogP contribution in [0.1, 0.15) is 38.2 Å². The second-order valence-electron chi connectivity index (χ2n) is 6.32. The third-order valence-electron chi connectivity index (χ3n) is 4.51. The summed E-state index contributed by atoms with van der Waals surface area (Å²) in [7, 11) is 0. The quantitative estimate of drug-likeness (QED) is 0.846. The van der Waals surface area contributed by atoms with Crippen LogP contribution >= 0.6 is 0 Å². The lowest BCUT2D eigenvalue weighted by Crippen LogP contribution is -2.32. The lowest BCUT2D eigenvalue weighted by molar-refractivity contribution is -0.129. The summed E-state index contributed by atoms with van der Waals surface area (Å²) >= 11 is 0. The molecule has 128 valence electrons. The Hall–Kier alpha value is -2.28. The van der Waals surface area contributed by atoms with E-state index in [1.807, 2.05) is 24.3 Å². The monoisotopic (exact) mass is 329 g/mol. The fourth-order valence-corrected chi connectivity index (χ4v) is 3.02. The van der Waals surface area contributed by atoms with Crippen LogP contribution in [-0.4, -0.2) is 39.2 Å². The number of H-pyrrole nitrogens is 1. The molecule has 1 aromatic heterocycles. The number of aromatic nitrogens is 4. The first-order valence-corrected chi connectivity index (χ1v) is 8.43. The van der Waals surface area contributed by atoms with Gasteiger partial charge in [0, 0.05) is 12.1 Å². The lowest BCUT2D eigenvalue weighted by Gasteiger charge is -2.28. The fourth-order valence-electron chi connectivity index (χ4n) is 3.02. The summed E-state index contributed by atoms with van der Waals surface area (Å²) < 4.78 is 5.77. The first-order valence-electron chi connectivity index (χ1n) is 8.43. The van der Waals surface area contributed by atoms with E-state index in [1.54, 1.807) is 0 Å². The van der Waals surface area contributed by atoms with Crippen molar-refractivity contribution in [1.82, 2.24) is 25.9 Å². The largest absolute Gasteiger partial charge is 0.368 e. The van der Waals surface area contributed by atoms with Gasteiger partial charge in [-0.2, -0.15) is 5.21 Å². The van der Waals surface area contributed by atoms with Gasteiger partial charge in [-0.15, -0.1) is 10.2 Å². The highest BCUT2D eigenvalue weighted by atomic mass is 16.5. The Labute approximate surface area is 141 Å². The highest BCUT2D eigenvalue weighted by molar-refractivity contribution is 5.77. The standard InChI is InChI=1S/C17H23N5O2/c1-12-4-2-3-5-15(12)24-11-16(23)18-10-13-6-8-14(9-7-13)17-19-21-22-20-17/h6-9,12,15H,2-5,10-11H2,1H3,(H,18,23)(H,19,20,21,22)/t12-,15+/m1/s1. The predicted octanol–water partition coefficient (Wildman–Crippen LogP) is 2.08. The van der Waals surface area contributed by atoms with Crippen LogP contribution in [0.5, 0.6) is 0 Å². The number of ether oxygens (including phenoxy) is 1. The summed E-state index contributed by atoms with van der Waals surface area (Å²) in [5, 5.41) is 16.7. The molecule has 0 bridgehead atoms. The number of hydrogen-bond donors (Lipinski definition) is 2. The van der Waals surface area contributed by atoms with Crippen molar-refractivity contribution in [1.29, 1.82) is 0 Å². The number of amides is 1. The topological polar surface area (TPSA) is 92.8 Å². The minimum atomic E-state index is -0.0741. The predicted molar refractivity (Wildman–Crippen MR) is 88.8 cm³/mol. The first-order chi connectivity index (χ1) is 11.7. The molecule has 0 spiro atoms. The average molecular weight is 329 g/mol. The van der Waals surface area contributed by atoms with Crippen molar-refractivity contribution < 1.29 is 9.53 Å². The molecule has 24 heavy (non-hydrogen) atoms. The minimum Gasteiger partial charge on any atom is -0.368 e. The molecule has 1 saturated carbocycles. The molecule has 1 amide bonds. The van der Waals surface area contributed by atoms with Gasteiger partial charge in [-0.25, -0.2) is 0 Å². The van der Waals surface area contributed by atoms with Crippen molar-refractivity contribution in [2.24, 2.45) is 5.92 Å². The second-order valence-corrected chi connectivity index (χ2v) is 6.32. The molecule has 7 heteroatoms. The third-order valence-corrected chi connectivity index (χ3v) is 4.51. The zero-order valence-corrected chi connectivity index (χ0v) is 13.9. The molecule has 1 heterocycles. The van der Waals surface area contributed by atoms with Crippen LogP contribution in [0.2, 0.25) is 0 Å². The maximum atomic E-state index is 12.0. The Morgan fingerprint density at radius 1 is 1.29 bits per heavy atom. The van der Waals surface area contributed by atoms with Gasteiger partial charge in [0.2, 0.25) is 11.7 Å². The summed E-state index contributed by atoms with van der Waals surface area (Å²) in [6.45, 7) is 2.82. The van der Waals surface area contributed by atoms with Gasteiger partial charge in [-0.1, -0.05) is 44.0 Å². The molecule has 7 nitrogen and oxygen atoms in total. The number of carbonyl (C=O) groups excluding carboxylic acids is 1. The zero-order chi connectivity index (χ0) is 16.8. The highest BCUT2D eigenvalue weighted by Gasteiger charge is 2.22. The number of nitrogens with zero attached hydrogens (tertiary/aromatic N) is 3. The molecule has 1 aromatic carbocycles. The summed E-state index contributed by atoms with van der Waals surface area (Å²) in [5.74, 6) is 1.03. The van der Waals surface area contributed by atoms with Gasteiger partial charge in [0.15, 0.2) is 0 Å². The van der Waals surface area contributed by atoms with Gasteiger partial charge >= 0.3 is 0 Å². The number of benzene rings is 1. The number of aromatic amines is 1. The van der Waals surface area contributed by atoms with Gasteiger partial charge < -0.3 is 10.1 Å². The molecule has 0 radical (unpaired) electrons. The molecule has 3 rings (SSSR count). The Kier molecular flexibility index (Phi) is 5.53. The van der Waals surface area contributed by atoms with E-state index in [-0.39, 0.29) is 18.6 Å². The lowest BCUT2D eigenvalue weighted by atomic mass is 9.88. The summed E-state index contributed by atoms with van der Waals surface area (Å²) in [6, 6.07) is 7.70. The van der Waals surface area contributed by atoms with Gasteiger partial charge in [-0.3, -0.25) is 4.79 Å². The summed E-state index contributed by atoms with van der Waals surface area (Å²) in [5.41, 5.74) is 1.90. The van der Waals surface area contributed by atoms with Crippen molar-refractivity contribution in [2.45, 2.75) is 45.3 Å². The second kappa shape index (κ2) is 8.01. The van der Waals surface area contributed by atoms with E-state index in [1.165, 1.54) is 19.3 Å². The molecule has 1 fully saturated rings. The number of tetrazole rings is 1. The van der Waals surface area contributed by atoms with Gasteiger partial charge in [0.05, 0.1) is 6.10 Å². The van der Waals surface area contributed by atoms with Crippen LogP contribution in [0.15, 0.2) is 24.3 Å². The molecule has 1 aliphatic carbocycles. The van der Waals surface area contributed by atoms with E-state index in [2.05, 4.69) is 32.9 Å². The van der Waals surface area contributed by atoms with E-state index in [9.17, 15) is 4.79 Å². The molecule has 1 aliphatic rings. The number of hydrogen-bond acceptors (Lipinski definition) is 5. The van der Waals surface area contributed by atoms with E-state index >= 15 is 0 Å². The molecule has 0 aliphatic heterocycles. The molecular weight excluding hydrogens is 306 g/mol. The Balaban J connectivity index is 1.42. The number of carbonyl (C=O) groups is 1. The summed E-state index contributed by atoms with van der Waals surface area (Å²) in [4.78, 5) is 12.0. The van der Waals surface area contributed by atoms with Crippen LogP contribution in [0, 0.1) is 5.92 Å². The van der Waals surface area contributed by atoms with Crippen LogP contribution in [-0.2, 0) is 16.1 Å². The van der Waals surface area contributed by atoms with Crippen molar-refractivity contribution in [3.63, 3.8) is 0 Å². The molecule has 2 aromatic rings. The third kappa shape index (κ3) is 4.38. The highest BCUT2D eigenvalue weighted by Crippen LogP contribution is 2.26. The van der Waals surface area contributed by atoms with E-state index in [4.69, 9.17) is 4.74 Å². The van der Waals surface area contributed by atoms with Gasteiger partial charge in [0.25, 0.3) is 0 Å². The van der Waals surface area contributed by atoms with Crippen molar-refractivity contribution in [3.05, 3.63) is 29.8 Å². The molecule has 0 unspecified atom stereocenters. The molecule has 2 atom stereocenters. The minimum absolute atomic E-state index is 0.0741. The molecule has 2 N–H and O–H groups in total. The average Bonchev–Trinajstić information content (AvgIpc) is 3.14. The molecule has 0 saturated heterocycles. The van der Waals surface area contributed by atoms with E-state index in [0.717, 1.165) is 17.5 Å².